The van der Waals surface area contributed by atoms with Crippen molar-refractivity contribution in [3.63, 3.8) is 0 Å². The van der Waals surface area contributed by atoms with Crippen LogP contribution in [0.5, 0.6) is 5.75 Å². The number of carbonyl (C=O) groups is 2. The van der Waals surface area contributed by atoms with Crippen molar-refractivity contribution in [3.05, 3.63) is 65.2 Å². The van der Waals surface area contributed by atoms with E-state index in [2.05, 4.69) is 4.74 Å². The van der Waals surface area contributed by atoms with Crippen LogP contribution in [0.25, 0.3) is 0 Å². The third kappa shape index (κ3) is 3.94. The lowest BCUT2D eigenvalue weighted by molar-refractivity contribution is 0.0600. The molecule has 1 heterocycles. The molecular weight excluding hydrogens is 344 g/mol. The highest BCUT2D eigenvalue weighted by atomic mass is 32.2. The Morgan fingerprint density at radius 2 is 1.42 bits per heavy atom. The van der Waals surface area contributed by atoms with Gasteiger partial charge >= 0.3 is 11.9 Å². The van der Waals surface area contributed by atoms with Crippen LogP contribution < -0.4 is 4.74 Å². The van der Waals surface area contributed by atoms with Crippen LogP contribution in [0.2, 0.25) is 0 Å². The van der Waals surface area contributed by atoms with Crippen molar-refractivity contribution >= 4 is 35.5 Å². The molecule has 24 heavy (non-hydrogen) atoms. The maximum Gasteiger partial charge on any atom is 0.343 e. The summed E-state index contributed by atoms with van der Waals surface area (Å²) in [6.07, 6.45) is 0. The van der Waals surface area contributed by atoms with E-state index in [0.717, 1.165) is 0 Å². The Morgan fingerprint density at radius 3 is 2.00 bits per heavy atom. The largest absolute Gasteiger partial charge is 0.465 e. The topological polar surface area (TPSA) is 52.6 Å². The first-order valence-corrected chi connectivity index (χ1v) is 9.51. The summed E-state index contributed by atoms with van der Waals surface area (Å²) in [4.78, 5) is 23.6. The predicted octanol–water partition coefficient (Wildman–Crippen LogP) is 4.17. The lowest BCUT2D eigenvalue weighted by atomic mass is 10.1. The first-order chi connectivity index (χ1) is 11.7. The van der Waals surface area contributed by atoms with E-state index >= 15 is 0 Å². The number of hydrogen-bond acceptors (Lipinski definition) is 6. The number of benzene rings is 2. The first kappa shape index (κ1) is 16.9. The van der Waals surface area contributed by atoms with Gasteiger partial charge in [0, 0.05) is 11.5 Å². The standard InChI is InChI=1S/C18H16O4S2/c1-21-16(19)12-6-8-15(9-7-12)22-17(20)13-2-4-14(5-3-13)18-23-10-11-24-18/h2-9,18H,10-11H2,1H3. The summed E-state index contributed by atoms with van der Waals surface area (Å²) in [6.45, 7) is 0. The molecule has 0 atom stereocenters. The number of ether oxygens (including phenoxy) is 2. The van der Waals surface area contributed by atoms with Gasteiger partial charge in [-0.05, 0) is 42.0 Å². The van der Waals surface area contributed by atoms with Crippen molar-refractivity contribution in [2.45, 2.75) is 4.58 Å². The zero-order chi connectivity index (χ0) is 16.9. The molecule has 0 amide bonds. The molecule has 0 unspecified atom stereocenters. The van der Waals surface area contributed by atoms with Crippen molar-refractivity contribution in [2.75, 3.05) is 18.6 Å². The second-order valence-electron chi connectivity index (χ2n) is 5.10. The molecule has 0 radical (unpaired) electrons. The maximum absolute atomic E-state index is 12.2. The highest BCUT2D eigenvalue weighted by Crippen LogP contribution is 2.45. The summed E-state index contributed by atoms with van der Waals surface area (Å²) in [5, 5.41) is 0. The zero-order valence-corrected chi connectivity index (χ0v) is 14.7. The van der Waals surface area contributed by atoms with Gasteiger partial charge in [0.15, 0.2) is 0 Å². The van der Waals surface area contributed by atoms with Gasteiger partial charge in [0.25, 0.3) is 0 Å². The number of carbonyl (C=O) groups excluding carboxylic acids is 2. The fourth-order valence-electron chi connectivity index (χ4n) is 2.27. The summed E-state index contributed by atoms with van der Waals surface area (Å²) in [5.41, 5.74) is 2.14. The smallest absolute Gasteiger partial charge is 0.343 e. The summed E-state index contributed by atoms with van der Waals surface area (Å²) in [6, 6.07) is 13.8. The molecule has 1 aliphatic rings. The van der Waals surface area contributed by atoms with Gasteiger partial charge in [0.1, 0.15) is 5.75 Å². The molecule has 4 nitrogen and oxygen atoms in total. The normalized spacial score (nSPS) is 14.4. The Bertz CT molecular complexity index is 720. The van der Waals surface area contributed by atoms with Gasteiger partial charge in [-0.1, -0.05) is 12.1 Å². The quantitative estimate of drug-likeness (QED) is 0.602. The van der Waals surface area contributed by atoms with E-state index in [-0.39, 0.29) is 0 Å². The van der Waals surface area contributed by atoms with E-state index in [4.69, 9.17) is 4.74 Å². The molecule has 1 fully saturated rings. The van der Waals surface area contributed by atoms with E-state index in [1.54, 1.807) is 36.4 Å². The van der Waals surface area contributed by atoms with Crippen LogP contribution in [0.4, 0.5) is 0 Å². The van der Waals surface area contributed by atoms with Gasteiger partial charge < -0.3 is 9.47 Å². The number of rotatable bonds is 4. The molecule has 0 bridgehead atoms. The number of methoxy groups -OCH3 is 1. The van der Waals surface area contributed by atoms with Gasteiger partial charge in [-0.15, -0.1) is 23.5 Å². The average Bonchev–Trinajstić information content (AvgIpc) is 3.16. The minimum absolute atomic E-state index is 0.388. The van der Waals surface area contributed by atoms with E-state index < -0.39 is 11.9 Å². The lowest BCUT2D eigenvalue weighted by Gasteiger charge is -2.09. The highest BCUT2D eigenvalue weighted by molar-refractivity contribution is 8.19. The summed E-state index contributed by atoms with van der Waals surface area (Å²) in [5.74, 6) is 1.88. The highest BCUT2D eigenvalue weighted by Gasteiger charge is 2.18. The van der Waals surface area contributed by atoms with Crippen molar-refractivity contribution in [1.29, 1.82) is 0 Å². The third-order valence-electron chi connectivity index (χ3n) is 3.53. The summed E-state index contributed by atoms with van der Waals surface area (Å²) < 4.78 is 10.4. The molecule has 1 aliphatic heterocycles. The molecule has 0 aliphatic carbocycles. The molecule has 6 heteroatoms. The van der Waals surface area contributed by atoms with Crippen LogP contribution in [0.1, 0.15) is 30.9 Å². The average molecular weight is 360 g/mol. The Morgan fingerprint density at radius 1 is 0.875 bits per heavy atom. The number of thioether (sulfide) groups is 2. The van der Waals surface area contributed by atoms with Crippen LogP contribution in [-0.2, 0) is 4.74 Å². The third-order valence-corrected chi connectivity index (χ3v) is 6.63. The molecule has 0 saturated carbocycles. The Hall–Kier alpha value is -1.92. The number of hydrogen-bond donors (Lipinski definition) is 0. The molecule has 2 aromatic carbocycles. The summed E-state index contributed by atoms with van der Waals surface area (Å²) >= 11 is 3.85. The van der Waals surface area contributed by atoms with Crippen LogP contribution in [0.3, 0.4) is 0 Å². The molecule has 1 saturated heterocycles. The summed E-state index contributed by atoms with van der Waals surface area (Å²) in [7, 11) is 1.32. The van der Waals surface area contributed by atoms with E-state index in [0.29, 0.717) is 21.5 Å². The van der Waals surface area contributed by atoms with Gasteiger partial charge in [-0.2, -0.15) is 0 Å². The zero-order valence-electron chi connectivity index (χ0n) is 13.1. The fraction of sp³-hybridized carbons (Fsp3) is 0.222. The van der Waals surface area contributed by atoms with Crippen LogP contribution in [0, 0.1) is 0 Å². The first-order valence-electron chi connectivity index (χ1n) is 7.41. The van der Waals surface area contributed by atoms with Crippen molar-refractivity contribution in [2.24, 2.45) is 0 Å². The Balaban J connectivity index is 1.65. The molecule has 2 aromatic rings. The fourth-order valence-corrected chi connectivity index (χ4v) is 5.13. The minimum atomic E-state index is -0.425. The molecule has 0 N–H and O–H groups in total. The second kappa shape index (κ2) is 7.77. The molecule has 0 spiro atoms. The van der Waals surface area contributed by atoms with Gasteiger partial charge in [-0.3, -0.25) is 0 Å². The SMILES string of the molecule is COC(=O)c1ccc(OC(=O)c2ccc(C3SCCS3)cc2)cc1. The number of esters is 2. The van der Waals surface area contributed by atoms with Gasteiger partial charge in [0.2, 0.25) is 0 Å². The molecule has 124 valence electrons. The Labute approximate surface area is 148 Å². The van der Waals surface area contributed by atoms with Crippen LogP contribution in [0.15, 0.2) is 48.5 Å². The van der Waals surface area contributed by atoms with Crippen LogP contribution >= 0.6 is 23.5 Å². The van der Waals surface area contributed by atoms with Gasteiger partial charge in [-0.25, -0.2) is 9.59 Å². The van der Waals surface area contributed by atoms with E-state index in [1.807, 2.05) is 35.7 Å². The maximum atomic E-state index is 12.2. The molecule has 3 rings (SSSR count). The predicted molar refractivity (Wildman–Crippen MR) is 96.8 cm³/mol. The Kier molecular flexibility index (Phi) is 5.48. The lowest BCUT2D eigenvalue weighted by Crippen LogP contribution is -2.09. The van der Waals surface area contributed by atoms with Crippen molar-refractivity contribution in [1.82, 2.24) is 0 Å². The van der Waals surface area contributed by atoms with Crippen molar-refractivity contribution < 1.29 is 19.1 Å². The van der Waals surface area contributed by atoms with Crippen LogP contribution in [-0.4, -0.2) is 30.6 Å². The monoisotopic (exact) mass is 360 g/mol. The minimum Gasteiger partial charge on any atom is -0.465 e. The second-order valence-corrected chi connectivity index (χ2v) is 7.83. The van der Waals surface area contributed by atoms with E-state index in [1.165, 1.54) is 24.2 Å². The van der Waals surface area contributed by atoms with Gasteiger partial charge in [0.05, 0.1) is 22.8 Å². The molecule has 0 aromatic heterocycles. The van der Waals surface area contributed by atoms with Crippen molar-refractivity contribution in [3.8, 4) is 5.75 Å². The van der Waals surface area contributed by atoms with E-state index in [9.17, 15) is 9.59 Å². The molecular formula is C18H16O4S2.